The van der Waals surface area contributed by atoms with Crippen molar-refractivity contribution in [2.75, 3.05) is 26.8 Å². The molecule has 2 rings (SSSR count). The van der Waals surface area contributed by atoms with Crippen molar-refractivity contribution in [2.24, 2.45) is 5.92 Å². The summed E-state index contributed by atoms with van der Waals surface area (Å²) in [6, 6.07) is 7.81. The van der Waals surface area contributed by atoms with Gasteiger partial charge in [-0.2, -0.15) is 0 Å². The normalized spacial score (nSPS) is 17.1. The zero-order valence-electron chi connectivity index (χ0n) is 9.74. The smallest absolute Gasteiger partial charge is 0.161 e. The molecule has 0 bridgehead atoms. The lowest BCUT2D eigenvalue weighted by Gasteiger charge is -2.23. The third-order valence-electron chi connectivity index (χ3n) is 3.00. The van der Waals surface area contributed by atoms with Crippen LogP contribution in [0.3, 0.4) is 0 Å². The maximum absolute atomic E-state index is 5.81. The van der Waals surface area contributed by atoms with E-state index in [0.29, 0.717) is 5.92 Å². The van der Waals surface area contributed by atoms with Crippen molar-refractivity contribution in [2.45, 2.75) is 12.8 Å². The fourth-order valence-corrected chi connectivity index (χ4v) is 1.99. The van der Waals surface area contributed by atoms with Crippen LogP contribution in [-0.2, 0) is 0 Å². The highest BCUT2D eigenvalue weighted by Gasteiger charge is 2.14. The molecule has 1 saturated heterocycles. The van der Waals surface area contributed by atoms with E-state index in [2.05, 4.69) is 5.32 Å². The number of hydrogen-bond donors (Lipinski definition) is 1. The van der Waals surface area contributed by atoms with E-state index in [-0.39, 0.29) is 0 Å². The average molecular weight is 221 g/mol. The number of methoxy groups -OCH3 is 1. The zero-order chi connectivity index (χ0) is 11.2. The predicted octanol–water partition coefficient (Wildman–Crippen LogP) is 2.07. The van der Waals surface area contributed by atoms with Gasteiger partial charge in [0.25, 0.3) is 0 Å². The van der Waals surface area contributed by atoms with Crippen molar-refractivity contribution in [3.8, 4) is 11.5 Å². The van der Waals surface area contributed by atoms with Gasteiger partial charge in [-0.1, -0.05) is 12.1 Å². The second-order valence-corrected chi connectivity index (χ2v) is 4.16. The summed E-state index contributed by atoms with van der Waals surface area (Å²) in [5, 5.41) is 3.36. The van der Waals surface area contributed by atoms with Crippen LogP contribution in [0.1, 0.15) is 12.8 Å². The Bertz CT molecular complexity index is 321. The van der Waals surface area contributed by atoms with Gasteiger partial charge in [-0.15, -0.1) is 0 Å². The molecular formula is C13H19NO2. The first kappa shape index (κ1) is 11.3. The predicted molar refractivity (Wildman–Crippen MR) is 64.1 cm³/mol. The SMILES string of the molecule is COc1ccccc1OCC1CCNCC1. The molecule has 1 N–H and O–H groups in total. The van der Waals surface area contributed by atoms with Crippen LogP contribution >= 0.6 is 0 Å². The first-order valence-corrected chi connectivity index (χ1v) is 5.86. The van der Waals surface area contributed by atoms with Gasteiger partial charge >= 0.3 is 0 Å². The molecule has 0 amide bonds. The summed E-state index contributed by atoms with van der Waals surface area (Å²) >= 11 is 0. The van der Waals surface area contributed by atoms with Crippen molar-refractivity contribution in [3.63, 3.8) is 0 Å². The van der Waals surface area contributed by atoms with Crippen molar-refractivity contribution < 1.29 is 9.47 Å². The van der Waals surface area contributed by atoms with Gasteiger partial charge in [0.2, 0.25) is 0 Å². The lowest BCUT2D eigenvalue weighted by atomic mass is 9.99. The third-order valence-corrected chi connectivity index (χ3v) is 3.00. The van der Waals surface area contributed by atoms with Crippen LogP contribution in [0.15, 0.2) is 24.3 Å². The molecule has 0 aliphatic carbocycles. The highest BCUT2D eigenvalue weighted by atomic mass is 16.5. The number of para-hydroxylation sites is 2. The Morgan fingerprint density at radius 1 is 1.19 bits per heavy atom. The van der Waals surface area contributed by atoms with Gasteiger partial charge < -0.3 is 14.8 Å². The summed E-state index contributed by atoms with van der Waals surface area (Å²) in [6.45, 7) is 3.02. The summed E-state index contributed by atoms with van der Waals surface area (Å²) in [5.41, 5.74) is 0. The van der Waals surface area contributed by atoms with E-state index in [9.17, 15) is 0 Å². The minimum absolute atomic E-state index is 0.672. The van der Waals surface area contributed by atoms with Gasteiger partial charge in [-0.25, -0.2) is 0 Å². The Hall–Kier alpha value is -1.22. The molecule has 1 aliphatic heterocycles. The second kappa shape index (κ2) is 5.75. The van der Waals surface area contributed by atoms with Gasteiger partial charge in [-0.05, 0) is 44.0 Å². The van der Waals surface area contributed by atoms with Crippen LogP contribution in [0.5, 0.6) is 11.5 Å². The Morgan fingerprint density at radius 3 is 2.56 bits per heavy atom. The average Bonchev–Trinajstić information content (AvgIpc) is 2.38. The fraction of sp³-hybridized carbons (Fsp3) is 0.538. The Kier molecular flexibility index (Phi) is 4.05. The third kappa shape index (κ3) is 2.89. The van der Waals surface area contributed by atoms with Crippen LogP contribution in [-0.4, -0.2) is 26.8 Å². The molecule has 1 heterocycles. The molecule has 16 heavy (non-hydrogen) atoms. The molecule has 0 radical (unpaired) electrons. The number of hydrogen-bond acceptors (Lipinski definition) is 3. The van der Waals surface area contributed by atoms with Gasteiger partial charge in [0, 0.05) is 0 Å². The fourth-order valence-electron chi connectivity index (χ4n) is 1.99. The summed E-state index contributed by atoms with van der Waals surface area (Å²) < 4.78 is 11.1. The molecule has 0 saturated carbocycles. The Labute approximate surface area is 96.8 Å². The van der Waals surface area contributed by atoms with E-state index in [1.54, 1.807) is 7.11 Å². The summed E-state index contributed by atoms with van der Waals surface area (Å²) in [6.07, 6.45) is 2.41. The molecule has 0 atom stereocenters. The minimum Gasteiger partial charge on any atom is -0.493 e. The highest BCUT2D eigenvalue weighted by molar-refractivity contribution is 5.39. The molecule has 88 valence electrons. The van der Waals surface area contributed by atoms with Gasteiger partial charge in [0.05, 0.1) is 13.7 Å². The lowest BCUT2D eigenvalue weighted by Crippen LogP contribution is -2.30. The second-order valence-electron chi connectivity index (χ2n) is 4.16. The number of piperidine rings is 1. The summed E-state index contributed by atoms with van der Waals surface area (Å²) in [5.74, 6) is 2.34. The van der Waals surface area contributed by atoms with E-state index < -0.39 is 0 Å². The van der Waals surface area contributed by atoms with Crippen molar-refractivity contribution >= 4 is 0 Å². The first-order valence-electron chi connectivity index (χ1n) is 5.86. The summed E-state index contributed by atoms with van der Waals surface area (Å²) in [7, 11) is 1.67. The lowest BCUT2D eigenvalue weighted by molar-refractivity contribution is 0.208. The Morgan fingerprint density at radius 2 is 1.88 bits per heavy atom. The van der Waals surface area contributed by atoms with Crippen molar-refractivity contribution in [3.05, 3.63) is 24.3 Å². The topological polar surface area (TPSA) is 30.5 Å². The Balaban J connectivity index is 1.88. The largest absolute Gasteiger partial charge is 0.493 e. The number of rotatable bonds is 4. The highest BCUT2D eigenvalue weighted by Crippen LogP contribution is 2.26. The van der Waals surface area contributed by atoms with Crippen LogP contribution in [0, 0.1) is 5.92 Å². The molecule has 1 aromatic carbocycles. The van der Waals surface area contributed by atoms with E-state index in [0.717, 1.165) is 31.2 Å². The minimum atomic E-state index is 0.672. The quantitative estimate of drug-likeness (QED) is 0.844. The van der Waals surface area contributed by atoms with Gasteiger partial charge in [0.1, 0.15) is 0 Å². The number of benzene rings is 1. The number of nitrogens with one attached hydrogen (secondary N) is 1. The van der Waals surface area contributed by atoms with Crippen molar-refractivity contribution in [1.29, 1.82) is 0 Å². The maximum Gasteiger partial charge on any atom is 0.161 e. The monoisotopic (exact) mass is 221 g/mol. The molecule has 3 heteroatoms. The molecular weight excluding hydrogens is 202 g/mol. The standard InChI is InChI=1S/C13H19NO2/c1-15-12-4-2-3-5-13(12)16-10-11-6-8-14-9-7-11/h2-5,11,14H,6-10H2,1H3. The van der Waals surface area contributed by atoms with Crippen LogP contribution in [0.2, 0.25) is 0 Å². The first-order chi connectivity index (χ1) is 7.90. The molecule has 0 aromatic heterocycles. The molecule has 0 unspecified atom stereocenters. The van der Waals surface area contributed by atoms with Crippen LogP contribution in [0.25, 0.3) is 0 Å². The molecule has 1 aliphatic rings. The van der Waals surface area contributed by atoms with Crippen molar-refractivity contribution in [1.82, 2.24) is 5.32 Å². The maximum atomic E-state index is 5.81. The van der Waals surface area contributed by atoms with Crippen LogP contribution < -0.4 is 14.8 Å². The van der Waals surface area contributed by atoms with Gasteiger partial charge in [0.15, 0.2) is 11.5 Å². The van der Waals surface area contributed by atoms with E-state index >= 15 is 0 Å². The molecule has 3 nitrogen and oxygen atoms in total. The van der Waals surface area contributed by atoms with E-state index in [1.165, 1.54) is 12.8 Å². The summed E-state index contributed by atoms with van der Waals surface area (Å²) in [4.78, 5) is 0. The number of ether oxygens (including phenoxy) is 2. The van der Waals surface area contributed by atoms with E-state index in [1.807, 2.05) is 24.3 Å². The molecule has 1 fully saturated rings. The molecule has 0 spiro atoms. The van der Waals surface area contributed by atoms with E-state index in [4.69, 9.17) is 9.47 Å². The van der Waals surface area contributed by atoms with Crippen LogP contribution in [0.4, 0.5) is 0 Å². The molecule has 1 aromatic rings. The van der Waals surface area contributed by atoms with Gasteiger partial charge in [-0.3, -0.25) is 0 Å². The zero-order valence-corrected chi connectivity index (χ0v) is 9.74.